The maximum atomic E-state index is 5.85. The number of anilines is 1. The van der Waals surface area contributed by atoms with E-state index in [0.29, 0.717) is 5.11 Å². The van der Waals surface area contributed by atoms with Gasteiger partial charge in [-0.2, -0.15) is 0 Å². The van der Waals surface area contributed by atoms with Crippen molar-refractivity contribution in [3.05, 3.63) is 29.3 Å². The number of hydrogen-bond donors (Lipinski definition) is 1. The van der Waals surface area contributed by atoms with Crippen molar-refractivity contribution in [2.45, 2.75) is 0 Å². The molecule has 0 aromatic heterocycles. The first kappa shape index (κ1) is 11.5. The van der Waals surface area contributed by atoms with Crippen molar-refractivity contribution in [1.82, 2.24) is 4.90 Å². The second-order valence-electron chi connectivity index (χ2n) is 3.79. The summed E-state index contributed by atoms with van der Waals surface area (Å²) < 4.78 is 0. The van der Waals surface area contributed by atoms with Gasteiger partial charge in [-0.1, -0.05) is 11.6 Å². The van der Waals surface area contributed by atoms with Gasteiger partial charge in [0.1, 0.15) is 0 Å². The molecule has 0 bridgehead atoms. The van der Waals surface area contributed by atoms with Gasteiger partial charge in [-0.3, -0.25) is 0 Å². The molecule has 86 valence electrons. The number of hydrogen-bond acceptors (Lipinski definition) is 2. The predicted octanol–water partition coefficient (Wildman–Crippen LogP) is 1.71. The third-order valence-corrected chi connectivity index (χ3v) is 3.29. The Morgan fingerprint density at radius 2 is 1.69 bits per heavy atom. The van der Waals surface area contributed by atoms with E-state index in [9.17, 15) is 0 Å². The molecule has 3 nitrogen and oxygen atoms in total. The Labute approximate surface area is 106 Å². The van der Waals surface area contributed by atoms with Gasteiger partial charge in [0.2, 0.25) is 0 Å². The van der Waals surface area contributed by atoms with Gasteiger partial charge in [-0.25, -0.2) is 0 Å². The molecule has 1 fully saturated rings. The van der Waals surface area contributed by atoms with Crippen molar-refractivity contribution < 1.29 is 0 Å². The Bertz CT molecular complexity index is 371. The van der Waals surface area contributed by atoms with Crippen LogP contribution in [0.5, 0.6) is 0 Å². The first-order chi connectivity index (χ1) is 7.66. The van der Waals surface area contributed by atoms with E-state index in [1.54, 1.807) is 0 Å². The Hall–Kier alpha value is -1.00. The highest BCUT2D eigenvalue weighted by atomic mass is 35.5. The van der Waals surface area contributed by atoms with Crippen LogP contribution in [0.2, 0.25) is 5.02 Å². The lowest BCUT2D eigenvalue weighted by molar-refractivity contribution is 0.388. The lowest BCUT2D eigenvalue weighted by atomic mass is 10.2. The minimum Gasteiger partial charge on any atom is -0.376 e. The van der Waals surface area contributed by atoms with E-state index < -0.39 is 0 Å². The van der Waals surface area contributed by atoms with Gasteiger partial charge in [0.15, 0.2) is 5.11 Å². The van der Waals surface area contributed by atoms with E-state index in [-0.39, 0.29) is 0 Å². The van der Waals surface area contributed by atoms with Crippen molar-refractivity contribution >= 4 is 34.6 Å². The molecule has 2 rings (SSSR count). The summed E-state index contributed by atoms with van der Waals surface area (Å²) in [5.74, 6) is 0. The Morgan fingerprint density at radius 3 is 2.19 bits per heavy atom. The highest BCUT2D eigenvalue weighted by Gasteiger charge is 2.17. The smallest absolute Gasteiger partial charge is 0.166 e. The van der Waals surface area contributed by atoms with Crippen LogP contribution < -0.4 is 10.6 Å². The zero-order chi connectivity index (χ0) is 11.5. The molecule has 0 unspecified atom stereocenters. The zero-order valence-electron chi connectivity index (χ0n) is 8.90. The van der Waals surface area contributed by atoms with Gasteiger partial charge < -0.3 is 15.5 Å². The molecule has 0 spiro atoms. The first-order valence-corrected chi connectivity index (χ1v) is 6.00. The van der Waals surface area contributed by atoms with Crippen molar-refractivity contribution in [2.75, 3.05) is 31.1 Å². The van der Waals surface area contributed by atoms with E-state index in [2.05, 4.69) is 4.90 Å². The van der Waals surface area contributed by atoms with Crippen LogP contribution in [0.15, 0.2) is 24.3 Å². The third-order valence-electron chi connectivity index (χ3n) is 2.78. The van der Waals surface area contributed by atoms with Gasteiger partial charge in [0.25, 0.3) is 0 Å². The lowest BCUT2D eigenvalue weighted by Gasteiger charge is -2.36. The standard InChI is InChI=1S/C11H14ClN3S/c12-9-1-3-10(4-2-9)14-5-7-15(8-6-14)11(13)16/h1-4H,5-8H2,(H2,13,16). The Kier molecular flexibility index (Phi) is 3.51. The molecule has 1 saturated heterocycles. The van der Waals surface area contributed by atoms with E-state index in [0.717, 1.165) is 31.2 Å². The van der Waals surface area contributed by atoms with Crippen LogP contribution in [-0.4, -0.2) is 36.2 Å². The van der Waals surface area contributed by atoms with Crippen molar-refractivity contribution in [1.29, 1.82) is 0 Å². The predicted molar refractivity (Wildman–Crippen MR) is 72.0 cm³/mol. The minimum atomic E-state index is 0.496. The second kappa shape index (κ2) is 4.89. The summed E-state index contributed by atoms with van der Waals surface area (Å²) in [6.45, 7) is 3.66. The van der Waals surface area contributed by atoms with Crippen LogP contribution in [0.4, 0.5) is 5.69 Å². The van der Waals surface area contributed by atoms with Crippen LogP contribution in [0.1, 0.15) is 0 Å². The van der Waals surface area contributed by atoms with Crippen LogP contribution in [0.3, 0.4) is 0 Å². The number of halogens is 1. The second-order valence-corrected chi connectivity index (χ2v) is 4.64. The highest BCUT2D eigenvalue weighted by Crippen LogP contribution is 2.19. The quantitative estimate of drug-likeness (QED) is 0.775. The van der Waals surface area contributed by atoms with Gasteiger partial charge in [-0.05, 0) is 36.5 Å². The molecule has 16 heavy (non-hydrogen) atoms. The summed E-state index contributed by atoms with van der Waals surface area (Å²) in [4.78, 5) is 4.34. The van der Waals surface area contributed by atoms with Crippen molar-refractivity contribution in [3.8, 4) is 0 Å². The van der Waals surface area contributed by atoms with Gasteiger partial charge in [0.05, 0.1) is 0 Å². The molecule has 0 amide bonds. The summed E-state index contributed by atoms with van der Waals surface area (Å²) in [7, 11) is 0. The molecule has 1 aliphatic rings. The van der Waals surface area contributed by atoms with Gasteiger partial charge in [0, 0.05) is 36.9 Å². The van der Waals surface area contributed by atoms with Crippen LogP contribution in [0, 0.1) is 0 Å². The number of thiocarbonyl (C=S) groups is 1. The van der Waals surface area contributed by atoms with E-state index >= 15 is 0 Å². The fourth-order valence-electron chi connectivity index (χ4n) is 1.84. The van der Waals surface area contributed by atoms with E-state index in [4.69, 9.17) is 29.6 Å². The van der Waals surface area contributed by atoms with Crippen LogP contribution in [0.25, 0.3) is 0 Å². The van der Waals surface area contributed by atoms with Crippen molar-refractivity contribution in [3.63, 3.8) is 0 Å². The molecule has 2 N–H and O–H groups in total. The monoisotopic (exact) mass is 255 g/mol. The average molecular weight is 256 g/mol. The lowest BCUT2D eigenvalue weighted by Crippen LogP contribution is -2.50. The molecule has 1 aliphatic heterocycles. The molecule has 0 aliphatic carbocycles. The summed E-state index contributed by atoms with van der Waals surface area (Å²) in [5.41, 5.74) is 6.79. The number of nitrogens with two attached hydrogens (primary N) is 1. The molecule has 0 radical (unpaired) electrons. The molecular formula is C11H14ClN3S. The maximum absolute atomic E-state index is 5.85. The third kappa shape index (κ3) is 2.57. The summed E-state index contributed by atoms with van der Waals surface area (Å²) in [6.07, 6.45) is 0. The molecule has 1 heterocycles. The van der Waals surface area contributed by atoms with Gasteiger partial charge in [-0.15, -0.1) is 0 Å². The van der Waals surface area contributed by atoms with E-state index in [1.807, 2.05) is 29.2 Å². The van der Waals surface area contributed by atoms with Crippen LogP contribution in [-0.2, 0) is 0 Å². The first-order valence-electron chi connectivity index (χ1n) is 5.22. The number of benzene rings is 1. The minimum absolute atomic E-state index is 0.496. The normalized spacial score (nSPS) is 16.3. The topological polar surface area (TPSA) is 32.5 Å². The SMILES string of the molecule is NC(=S)N1CCN(c2ccc(Cl)cc2)CC1. The summed E-state index contributed by atoms with van der Waals surface area (Å²) in [6, 6.07) is 7.91. The summed E-state index contributed by atoms with van der Waals surface area (Å²) >= 11 is 10.8. The number of rotatable bonds is 1. The Morgan fingerprint density at radius 1 is 1.12 bits per heavy atom. The molecule has 0 atom stereocenters. The number of nitrogens with zero attached hydrogens (tertiary/aromatic N) is 2. The van der Waals surface area contributed by atoms with E-state index in [1.165, 1.54) is 5.69 Å². The van der Waals surface area contributed by atoms with Gasteiger partial charge >= 0.3 is 0 Å². The average Bonchev–Trinajstić information content (AvgIpc) is 2.30. The number of piperazine rings is 1. The maximum Gasteiger partial charge on any atom is 0.166 e. The van der Waals surface area contributed by atoms with Crippen molar-refractivity contribution in [2.24, 2.45) is 5.73 Å². The van der Waals surface area contributed by atoms with Crippen LogP contribution >= 0.6 is 23.8 Å². The fourth-order valence-corrected chi connectivity index (χ4v) is 2.15. The molecule has 1 aromatic rings. The molecular weight excluding hydrogens is 242 g/mol. The fraction of sp³-hybridized carbons (Fsp3) is 0.364. The molecule has 1 aromatic carbocycles. The Balaban J connectivity index is 1.99. The highest BCUT2D eigenvalue weighted by molar-refractivity contribution is 7.80. The summed E-state index contributed by atoms with van der Waals surface area (Å²) in [5, 5.41) is 1.27. The molecule has 0 saturated carbocycles. The largest absolute Gasteiger partial charge is 0.376 e. The molecule has 5 heteroatoms. The zero-order valence-corrected chi connectivity index (χ0v) is 10.5.